The molecule has 4 nitrogen and oxygen atoms in total. The lowest BCUT2D eigenvalue weighted by Gasteiger charge is -2.33. The number of nitrogens with zero attached hydrogens (tertiary/aromatic N) is 1. The Balaban J connectivity index is 2.16. The van der Waals surface area contributed by atoms with Crippen molar-refractivity contribution >= 4 is 5.97 Å². The van der Waals surface area contributed by atoms with Gasteiger partial charge in [-0.15, -0.1) is 0 Å². The van der Waals surface area contributed by atoms with Crippen LogP contribution in [0, 0.1) is 11.6 Å². The zero-order valence-electron chi connectivity index (χ0n) is 9.70. The molecule has 0 bridgehead atoms. The standard InChI is InChI=1S/C12H14F2N2O2/c13-9-3-1-2-8(11(9)14)7-16-5-4-15-6-10(16)12(17)18/h1-3,10,15H,4-7H2,(H,17,18). The maximum absolute atomic E-state index is 13.5. The van der Waals surface area contributed by atoms with E-state index in [0.717, 1.165) is 6.07 Å². The summed E-state index contributed by atoms with van der Waals surface area (Å²) in [5, 5.41) is 12.0. The van der Waals surface area contributed by atoms with Crippen LogP contribution in [0.15, 0.2) is 18.2 Å². The minimum absolute atomic E-state index is 0.0994. The smallest absolute Gasteiger partial charge is 0.322 e. The Hall–Kier alpha value is -1.53. The van der Waals surface area contributed by atoms with E-state index in [1.54, 1.807) is 4.90 Å². The van der Waals surface area contributed by atoms with E-state index in [1.807, 2.05) is 0 Å². The Bertz CT molecular complexity index is 454. The number of hydrogen-bond acceptors (Lipinski definition) is 3. The number of piperazine rings is 1. The van der Waals surface area contributed by atoms with Crippen LogP contribution in [0.5, 0.6) is 0 Å². The molecule has 1 aromatic rings. The average molecular weight is 256 g/mol. The van der Waals surface area contributed by atoms with Crippen LogP contribution < -0.4 is 5.32 Å². The molecular formula is C12H14F2N2O2. The Morgan fingerprint density at radius 1 is 1.50 bits per heavy atom. The second-order valence-corrected chi connectivity index (χ2v) is 4.24. The van der Waals surface area contributed by atoms with Gasteiger partial charge in [-0.2, -0.15) is 0 Å². The molecule has 0 aliphatic carbocycles. The van der Waals surface area contributed by atoms with E-state index in [2.05, 4.69) is 5.32 Å². The fourth-order valence-electron chi connectivity index (χ4n) is 2.07. The third-order valence-corrected chi connectivity index (χ3v) is 3.04. The van der Waals surface area contributed by atoms with Gasteiger partial charge < -0.3 is 10.4 Å². The van der Waals surface area contributed by atoms with Crippen LogP contribution in [0.4, 0.5) is 8.78 Å². The van der Waals surface area contributed by atoms with Crippen molar-refractivity contribution in [2.24, 2.45) is 0 Å². The Morgan fingerprint density at radius 2 is 2.28 bits per heavy atom. The molecule has 0 radical (unpaired) electrons. The fraction of sp³-hybridized carbons (Fsp3) is 0.417. The number of carboxylic acids is 1. The predicted octanol–water partition coefficient (Wildman–Crippen LogP) is 0.823. The number of halogens is 2. The normalized spacial score (nSPS) is 20.9. The van der Waals surface area contributed by atoms with Gasteiger partial charge in [-0.3, -0.25) is 9.69 Å². The maximum Gasteiger partial charge on any atom is 0.322 e. The molecule has 1 saturated heterocycles. The lowest BCUT2D eigenvalue weighted by atomic mass is 10.1. The Morgan fingerprint density at radius 3 is 3.00 bits per heavy atom. The van der Waals surface area contributed by atoms with Gasteiger partial charge in [0.25, 0.3) is 0 Å². The van der Waals surface area contributed by atoms with E-state index in [-0.39, 0.29) is 12.1 Å². The number of benzene rings is 1. The van der Waals surface area contributed by atoms with Crippen molar-refractivity contribution < 1.29 is 18.7 Å². The molecule has 1 aliphatic heterocycles. The fourth-order valence-corrected chi connectivity index (χ4v) is 2.07. The summed E-state index contributed by atoms with van der Waals surface area (Å²) in [7, 11) is 0. The first kappa shape index (κ1) is 12.9. The van der Waals surface area contributed by atoms with E-state index in [4.69, 9.17) is 5.11 Å². The van der Waals surface area contributed by atoms with Crippen molar-refractivity contribution in [2.75, 3.05) is 19.6 Å². The molecule has 98 valence electrons. The lowest BCUT2D eigenvalue weighted by Crippen LogP contribution is -2.54. The molecule has 1 aliphatic rings. The van der Waals surface area contributed by atoms with E-state index < -0.39 is 23.6 Å². The Labute approximate surface area is 103 Å². The van der Waals surface area contributed by atoms with Crippen LogP contribution in [0.2, 0.25) is 0 Å². The summed E-state index contributed by atoms with van der Waals surface area (Å²) in [6.07, 6.45) is 0. The van der Waals surface area contributed by atoms with Gasteiger partial charge in [-0.25, -0.2) is 8.78 Å². The number of carbonyl (C=O) groups is 1. The van der Waals surface area contributed by atoms with Crippen molar-refractivity contribution in [2.45, 2.75) is 12.6 Å². The van der Waals surface area contributed by atoms with Crippen LogP contribution in [0.25, 0.3) is 0 Å². The van der Waals surface area contributed by atoms with Gasteiger partial charge in [0.2, 0.25) is 0 Å². The first-order valence-corrected chi connectivity index (χ1v) is 5.70. The van der Waals surface area contributed by atoms with E-state index in [0.29, 0.717) is 19.6 Å². The SMILES string of the molecule is O=C(O)C1CNCCN1Cc1cccc(F)c1F. The summed E-state index contributed by atoms with van der Waals surface area (Å²) in [5.74, 6) is -2.77. The molecule has 18 heavy (non-hydrogen) atoms. The van der Waals surface area contributed by atoms with Gasteiger partial charge in [0.05, 0.1) is 0 Å². The van der Waals surface area contributed by atoms with Gasteiger partial charge >= 0.3 is 5.97 Å². The highest BCUT2D eigenvalue weighted by molar-refractivity contribution is 5.74. The van der Waals surface area contributed by atoms with Gasteiger partial charge in [0, 0.05) is 31.7 Å². The van der Waals surface area contributed by atoms with Crippen molar-refractivity contribution in [3.63, 3.8) is 0 Å². The first-order valence-electron chi connectivity index (χ1n) is 5.70. The maximum atomic E-state index is 13.5. The van der Waals surface area contributed by atoms with Crippen molar-refractivity contribution in [3.05, 3.63) is 35.4 Å². The van der Waals surface area contributed by atoms with Gasteiger partial charge in [-0.1, -0.05) is 12.1 Å². The monoisotopic (exact) mass is 256 g/mol. The van der Waals surface area contributed by atoms with Crippen LogP contribution in [-0.4, -0.2) is 41.7 Å². The Kier molecular flexibility index (Phi) is 3.88. The molecule has 1 heterocycles. The highest BCUT2D eigenvalue weighted by Crippen LogP contribution is 2.16. The number of carboxylic acid groups (broad SMARTS) is 1. The summed E-state index contributed by atoms with van der Waals surface area (Å²) < 4.78 is 26.6. The summed E-state index contributed by atoms with van der Waals surface area (Å²) in [6.45, 7) is 1.54. The van der Waals surface area contributed by atoms with Crippen molar-refractivity contribution in [1.29, 1.82) is 0 Å². The lowest BCUT2D eigenvalue weighted by molar-refractivity contribution is -0.144. The molecule has 1 atom stereocenters. The molecular weight excluding hydrogens is 242 g/mol. The van der Waals surface area contributed by atoms with Gasteiger partial charge in [-0.05, 0) is 6.07 Å². The number of rotatable bonds is 3. The molecule has 6 heteroatoms. The van der Waals surface area contributed by atoms with Gasteiger partial charge in [0.15, 0.2) is 11.6 Å². The highest BCUT2D eigenvalue weighted by atomic mass is 19.2. The molecule has 0 aromatic heterocycles. The number of nitrogens with one attached hydrogen (secondary N) is 1. The molecule has 0 amide bonds. The summed E-state index contributed by atoms with van der Waals surface area (Å²) in [4.78, 5) is 12.7. The number of aliphatic carboxylic acids is 1. The molecule has 0 spiro atoms. The third-order valence-electron chi connectivity index (χ3n) is 3.04. The zero-order valence-corrected chi connectivity index (χ0v) is 9.70. The van der Waals surface area contributed by atoms with E-state index >= 15 is 0 Å². The molecule has 2 N–H and O–H groups in total. The topological polar surface area (TPSA) is 52.6 Å². The second kappa shape index (κ2) is 5.41. The second-order valence-electron chi connectivity index (χ2n) is 4.24. The predicted molar refractivity (Wildman–Crippen MR) is 61.1 cm³/mol. The average Bonchev–Trinajstić information content (AvgIpc) is 2.35. The van der Waals surface area contributed by atoms with Crippen molar-refractivity contribution in [1.82, 2.24) is 10.2 Å². The van der Waals surface area contributed by atoms with Crippen LogP contribution in [0.1, 0.15) is 5.56 Å². The number of hydrogen-bond donors (Lipinski definition) is 2. The minimum Gasteiger partial charge on any atom is -0.480 e. The zero-order chi connectivity index (χ0) is 13.1. The first-order chi connectivity index (χ1) is 8.59. The molecule has 2 rings (SSSR count). The molecule has 1 unspecified atom stereocenters. The highest BCUT2D eigenvalue weighted by Gasteiger charge is 2.28. The summed E-state index contributed by atoms with van der Waals surface area (Å²) >= 11 is 0. The largest absolute Gasteiger partial charge is 0.480 e. The van der Waals surface area contributed by atoms with Gasteiger partial charge in [0.1, 0.15) is 6.04 Å². The molecule has 0 saturated carbocycles. The van der Waals surface area contributed by atoms with E-state index in [1.165, 1.54) is 12.1 Å². The van der Waals surface area contributed by atoms with Crippen LogP contribution in [-0.2, 0) is 11.3 Å². The quantitative estimate of drug-likeness (QED) is 0.841. The minimum atomic E-state index is -0.959. The third kappa shape index (κ3) is 2.65. The molecule has 1 fully saturated rings. The summed E-state index contributed by atoms with van der Waals surface area (Å²) in [6, 6.07) is 3.23. The van der Waals surface area contributed by atoms with Crippen molar-refractivity contribution in [3.8, 4) is 0 Å². The summed E-state index contributed by atoms with van der Waals surface area (Å²) in [5.41, 5.74) is 0.183. The van der Waals surface area contributed by atoms with Crippen LogP contribution >= 0.6 is 0 Å². The van der Waals surface area contributed by atoms with E-state index in [9.17, 15) is 13.6 Å². The molecule has 1 aromatic carbocycles. The van der Waals surface area contributed by atoms with Crippen LogP contribution in [0.3, 0.4) is 0 Å².